The maximum Gasteiger partial charge on any atom is 0.351 e. The first-order chi connectivity index (χ1) is 10.9. The molecule has 0 aromatic heterocycles. The number of carbonyl (C=O) groups excluding carboxylic acids is 1. The molecule has 23 heavy (non-hydrogen) atoms. The van der Waals surface area contributed by atoms with E-state index in [4.69, 9.17) is 24.5 Å². The van der Waals surface area contributed by atoms with Crippen molar-refractivity contribution in [3.8, 4) is 11.5 Å². The molecule has 0 amide bonds. The van der Waals surface area contributed by atoms with Crippen molar-refractivity contribution in [3.63, 3.8) is 0 Å². The second-order valence-corrected chi connectivity index (χ2v) is 5.57. The number of phenols is 2. The highest BCUT2D eigenvalue weighted by atomic mass is 16.5. The molecular weight excluding hydrogens is 306 g/mol. The van der Waals surface area contributed by atoms with Crippen LogP contribution in [0.25, 0.3) is 0 Å². The molecule has 3 rings (SSSR count). The van der Waals surface area contributed by atoms with Crippen LogP contribution >= 0.6 is 0 Å². The minimum absolute atomic E-state index is 0.0272. The summed E-state index contributed by atoms with van der Waals surface area (Å²) in [7, 11) is 0. The number of benzene rings is 1. The smallest absolute Gasteiger partial charge is 0.351 e. The number of hydrogen-bond acceptors (Lipinski definition) is 6. The summed E-state index contributed by atoms with van der Waals surface area (Å²) in [6.45, 7) is 2.66. The summed E-state index contributed by atoms with van der Waals surface area (Å²) in [5.74, 6) is -4.08. The summed E-state index contributed by atoms with van der Waals surface area (Å²) in [6, 6.07) is 3.37. The van der Waals surface area contributed by atoms with E-state index in [2.05, 4.69) is 5.32 Å². The third-order valence-corrected chi connectivity index (χ3v) is 4.07. The summed E-state index contributed by atoms with van der Waals surface area (Å²) in [6.07, 6.45) is 3.03. The van der Waals surface area contributed by atoms with E-state index < -0.39 is 11.9 Å². The molecule has 1 aromatic rings. The normalized spacial score (nSPS) is 22.6. The first kappa shape index (κ1) is 17.0. The highest BCUT2D eigenvalue weighted by molar-refractivity contribution is 6.26. The molecule has 1 atom stereocenters. The van der Waals surface area contributed by atoms with Gasteiger partial charge in [0.1, 0.15) is 12.1 Å². The van der Waals surface area contributed by atoms with E-state index in [0.29, 0.717) is 0 Å². The van der Waals surface area contributed by atoms with E-state index in [0.717, 1.165) is 50.1 Å². The largest absolute Gasteiger partial charge is 0.539 e. The number of aliphatic carboxylic acids is 2. The van der Waals surface area contributed by atoms with Crippen molar-refractivity contribution >= 4 is 11.9 Å². The Balaban J connectivity index is 0.000000277. The number of ether oxygens (including phenoxy) is 1. The zero-order chi connectivity index (χ0) is 17.0. The Kier molecular flexibility index (Phi) is 5.07. The molecule has 1 aliphatic heterocycles. The van der Waals surface area contributed by atoms with Crippen molar-refractivity contribution in [3.05, 3.63) is 23.3 Å². The minimum atomic E-state index is -2.07. The number of carboxylic acid groups (broad SMARTS) is 2. The van der Waals surface area contributed by atoms with Gasteiger partial charge >= 0.3 is 5.97 Å². The third-order valence-electron chi connectivity index (χ3n) is 4.07. The van der Waals surface area contributed by atoms with Gasteiger partial charge in [0.2, 0.25) is 0 Å². The molecule has 2 aliphatic rings. The van der Waals surface area contributed by atoms with Crippen molar-refractivity contribution in [1.29, 1.82) is 0 Å². The summed E-state index contributed by atoms with van der Waals surface area (Å²) in [5, 5.41) is 37.8. The van der Waals surface area contributed by atoms with Crippen molar-refractivity contribution < 1.29 is 40.1 Å². The Bertz CT molecular complexity index is 596. The van der Waals surface area contributed by atoms with E-state index in [1.165, 1.54) is 0 Å². The topological polar surface area (TPSA) is 144 Å². The SMILES string of the molecule is O=C([O-])C(=O)O.Oc1cc2c(cc1O)C1(CCC2)C[NH2+]CCO1. The fourth-order valence-electron chi connectivity index (χ4n) is 3.04. The Labute approximate surface area is 132 Å². The fraction of sp³-hybridized carbons (Fsp3) is 0.467. The summed E-state index contributed by atoms with van der Waals surface area (Å²) >= 11 is 0. The first-order valence-electron chi connectivity index (χ1n) is 7.31. The maximum atomic E-state index is 9.67. The Morgan fingerprint density at radius 3 is 2.48 bits per heavy atom. The zero-order valence-electron chi connectivity index (χ0n) is 12.4. The first-order valence-corrected chi connectivity index (χ1v) is 7.31. The molecular formula is C15H19NO7. The van der Waals surface area contributed by atoms with Crippen molar-refractivity contribution in [2.24, 2.45) is 0 Å². The molecule has 5 N–H and O–H groups in total. The second-order valence-electron chi connectivity index (χ2n) is 5.57. The van der Waals surface area contributed by atoms with E-state index in [1.807, 2.05) is 0 Å². The van der Waals surface area contributed by atoms with Gasteiger partial charge in [-0.05, 0) is 42.5 Å². The molecule has 1 aliphatic carbocycles. The van der Waals surface area contributed by atoms with Gasteiger partial charge in [-0.1, -0.05) is 0 Å². The average molecular weight is 325 g/mol. The lowest BCUT2D eigenvalue weighted by Crippen LogP contribution is -2.91. The van der Waals surface area contributed by atoms with Crippen LogP contribution in [0.1, 0.15) is 24.0 Å². The summed E-state index contributed by atoms with van der Waals surface area (Å²) in [5.41, 5.74) is 1.92. The van der Waals surface area contributed by atoms with Crippen molar-refractivity contribution in [1.82, 2.24) is 0 Å². The zero-order valence-corrected chi connectivity index (χ0v) is 12.4. The quantitative estimate of drug-likeness (QED) is 0.320. The lowest BCUT2D eigenvalue weighted by molar-refractivity contribution is -0.688. The number of fused-ring (bicyclic) bond motifs is 2. The number of quaternary nitrogens is 1. The van der Waals surface area contributed by atoms with Gasteiger partial charge in [0.15, 0.2) is 17.5 Å². The standard InChI is InChI=1S/C13H17NO3.C2H2O4/c15-11-6-9-2-1-3-13(8-14-4-5-17-13)10(9)7-12(11)16;3-1(4)2(5)6/h6-7,14-16H,1-5,8H2;(H,3,4)(H,5,6). The fourth-order valence-corrected chi connectivity index (χ4v) is 3.04. The number of carbonyl (C=O) groups is 2. The van der Waals surface area contributed by atoms with Crippen LogP contribution in [0.15, 0.2) is 12.1 Å². The lowest BCUT2D eigenvalue weighted by Gasteiger charge is -2.40. The summed E-state index contributed by atoms with van der Waals surface area (Å²) in [4.78, 5) is 18.0. The van der Waals surface area contributed by atoms with E-state index in [-0.39, 0.29) is 17.1 Å². The van der Waals surface area contributed by atoms with Crippen molar-refractivity contribution in [2.45, 2.75) is 24.9 Å². The monoisotopic (exact) mass is 325 g/mol. The predicted molar refractivity (Wildman–Crippen MR) is 74.6 cm³/mol. The molecule has 1 spiro atoms. The number of hydrogen-bond donors (Lipinski definition) is 4. The van der Waals surface area contributed by atoms with Crippen LogP contribution < -0.4 is 10.4 Å². The van der Waals surface area contributed by atoms with Gasteiger partial charge in [-0.25, -0.2) is 4.79 Å². The van der Waals surface area contributed by atoms with E-state index >= 15 is 0 Å². The number of carboxylic acids is 2. The van der Waals surface area contributed by atoms with Gasteiger partial charge in [0, 0.05) is 0 Å². The number of morpholine rings is 1. The van der Waals surface area contributed by atoms with Gasteiger partial charge in [-0.2, -0.15) is 0 Å². The van der Waals surface area contributed by atoms with Gasteiger partial charge in [-0.15, -0.1) is 0 Å². The van der Waals surface area contributed by atoms with Crippen LogP contribution in [-0.2, 0) is 26.3 Å². The molecule has 1 fully saturated rings. The molecule has 0 radical (unpaired) electrons. The van der Waals surface area contributed by atoms with Gasteiger partial charge in [0.25, 0.3) is 0 Å². The molecule has 1 saturated heterocycles. The maximum absolute atomic E-state index is 9.67. The molecule has 1 unspecified atom stereocenters. The molecule has 8 heteroatoms. The van der Waals surface area contributed by atoms with Crippen LogP contribution in [0.5, 0.6) is 11.5 Å². The molecule has 126 valence electrons. The van der Waals surface area contributed by atoms with Crippen LogP contribution in [-0.4, -0.2) is 47.0 Å². The summed E-state index contributed by atoms with van der Waals surface area (Å²) < 4.78 is 6.00. The highest BCUT2D eigenvalue weighted by Gasteiger charge is 2.41. The lowest BCUT2D eigenvalue weighted by atomic mass is 9.78. The van der Waals surface area contributed by atoms with Gasteiger partial charge in [0.05, 0.1) is 13.2 Å². The van der Waals surface area contributed by atoms with Gasteiger partial charge in [-0.3, -0.25) is 0 Å². The predicted octanol–water partition coefficient (Wildman–Crippen LogP) is -1.96. The van der Waals surface area contributed by atoms with Crippen LogP contribution in [0.2, 0.25) is 0 Å². The second kappa shape index (κ2) is 6.84. The van der Waals surface area contributed by atoms with Gasteiger partial charge < -0.3 is 35.3 Å². The highest BCUT2D eigenvalue weighted by Crippen LogP contribution is 2.42. The Morgan fingerprint density at radius 2 is 1.91 bits per heavy atom. The number of aromatic hydroxyl groups is 2. The minimum Gasteiger partial charge on any atom is -0.539 e. The number of phenolic OH excluding ortho intramolecular Hbond substituents is 2. The molecule has 0 saturated carbocycles. The van der Waals surface area contributed by atoms with Crippen LogP contribution in [0.3, 0.4) is 0 Å². The molecule has 1 aromatic carbocycles. The number of aryl methyl sites for hydroxylation is 1. The van der Waals surface area contributed by atoms with E-state index in [1.54, 1.807) is 12.1 Å². The van der Waals surface area contributed by atoms with Crippen LogP contribution in [0.4, 0.5) is 0 Å². The number of rotatable bonds is 0. The number of nitrogens with two attached hydrogens (primary N) is 1. The van der Waals surface area contributed by atoms with Crippen LogP contribution in [0, 0.1) is 0 Å². The third kappa shape index (κ3) is 3.72. The molecule has 8 nitrogen and oxygen atoms in total. The molecule has 0 bridgehead atoms. The average Bonchev–Trinajstić information content (AvgIpc) is 2.51. The van der Waals surface area contributed by atoms with E-state index in [9.17, 15) is 10.2 Å². The Hall–Kier alpha value is -2.32. The Morgan fingerprint density at radius 1 is 1.26 bits per heavy atom. The molecule has 1 heterocycles. The van der Waals surface area contributed by atoms with Crippen molar-refractivity contribution in [2.75, 3.05) is 19.7 Å².